The molecule has 0 heteroatoms. The van der Waals surface area contributed by atoms with Crippen LogP contribution in [0.1, 0.15) is 104 Å². The molecule has 1 atom stereocenters. The summed E-state index contributed by atoms with van der Waals surface area (Å²) in [6, 6.07) is 0. The molecule has 0 aliphatic heterocycles. The Morgan fingerprint density at radius 2 is 1.23 bits per heavy atom. The maximum absolute atomic E-state index is 3.91. The first-order valence-electron chi connectivity index (χ1n) is 9.95. The number of hydrogen-bond donors (Lipinski definition) is 0. The van der Waals surface area contributed by atoms with Gasteiger partial charge in [0.1, 0.15) is 0 Å². The van der Waals surface area contributed by atoms with Gasteiger partial charge in [-0.15, -0.1) is 0 Å². The Balaban J connectivity index is 3.53. The van der Waals surface area contributed by atoms with Crippen molar-refractivity contribution < 1.29 is 0 Å². The predicted octanol–water partition coefficient (Wildman–Crippen LogP) is 7.94. The molecule has 0 amide bonds. The summed E-state index contributed by atoms with van der Waals surface area (Å²) in [6.07, 6.45) is 23.4. The monoisotopic (exact) mass is 306 g/mol. The fraction of sp³-hybridized carbons (Fsp3) is 0.818. The zero-order valence-electron chi connectivity index (χ0n) is 15.6. The standard InChI is InChI=1S/C22H42/c1-5-7-9-11-13-15-17-19-22(21(3)4)20-18-16-14-12-10-8-6-2/h5,7,21-22H,1-2,6,8-20H2,3-4H3/b7-5+. The van der Waals surface area contributed by atoms with Crippen molar-refractivity contribution in [2.75, 3.05) is 0 Å². The quantitative estimate of drug-likeness (QED) is 0.254. The van der Waals surface area contributed by atoms with Crippen molar-refractivity contribution in [2.24, 2.45) is 11.8 Å². The summed E-state index contributed by atoms with van der Waals surface area (Å²) in [6.45, 7) is 12.5. The molecule has 0 aliphatic carbocycles. The molecular weight excluding hydrogens is 264 g/mol. The second kappa shape index (κ2) is 17.1. The molecule has 22 heavy (non-hydrogen) atoms. The Kier molecular flexibility index (Phi) is 16.9. The van der Waals surface area contributed by atoms with Crippen molar-refractivity contribution in [2.45, 2.75) is 104 Å². The van der Waals surface area contributed by atoms with E-state index >= 15 is 0 Å². The third-order valence-corrected chi connectivity index (χ3v) is 4.88. The molecule has 0 N–H and O–H groups in total. The summed E-state index contributed by atoms with van der Waals surface area (Å²) in [5, 5.41) is 0. The molecule has 0 heterocycles. The summed E-state index contributed by atoms with van der Waals surface area (Å²) in [5.74, 6) is 1.82. The molecule has 0 aromatic heterocycles. The van der Waals surface area contributed by atoms with E-state index in [2.05, 4.69) is 33.8 Å². The maximum atomic E-state index is 3.91. The van der Waals surface area contributed by atoms with Gasteiger partial charge in [0, 0.05) is 0 Å². The summed E-state index contributed by atoms with van der Waals surface area (Å²) < 4.78 is 0. The third-order valence-electron chi connectivity index (χ3n) is 4.88. The first kappa shape index (κ1) is 21.7. The van der Waals surface area contributed by atoms with Crippen molar-refractivity contribution in [1.29, 1.82) is 0 Å². The molecule has 0 bridgehead atoms. The second-order valence-electron chi connectivity index (χ2n) is 7.23. The number of unbranched alkanes of at least 4 members (excludes halogenated alkanes) is 10. The smallest absolute Gasteiger partial charge is 0.0316 e. The van der Waals surface area contributed by atoms with E-state index < -0.39 is 0 Å². The van der Waals surface area contributed by atoms with Crippen molar-refractivity contribution in [3.63, 3.8) is 0 Å². The van der Waals surface area contributed by atoms with Crippen molar-refractivity contribution in [3.05, 3.63) is 26.0 Å². The van der Waals surface area contributed by atoms with Gasteiger partial charge in [0.15, 0.2) is 0 Å². The average Bonchev–Trinajstić information content (AvgIpc) is 2.50. The van der Waals surface area contributed by atoms with Gasteiger partial charge in [-0.3, -0.25) is 0 Å². The van der Waals surface area contributed by atoms with E-state index in [-0.39, 0.29) is 0 Å². The van der Waals surface area contributed by atoms with E-state index in [1.165, 1.54) is 83.5 Å². The van der Waals surface area contributed by atoms with Crippen LogP contribution in [0.2, 0.25) is 0 Å². The zero-order chi connectivity index (χ0) is 16.5. The van der Waals surface area contributed by atoms with Gasteiger partial charge in [-0.2, -0.15) is 0 Å². The Bertz CT molecular complexity index is 226. The van der Waals surface area contributed by atoms with Crippen molar-refractivity contribution in [3.8, 4) is 0 Å². The van der Waals surface area contributed by atoms with Crippen LogP contribution in [0.3, 0.4) is 0 Å². The molecule has 1 unspecified atom stereocenters. The summed E-state index contributed by atoms with van der Waals surface area (Å²) in [7, 11) is 0. The zero-order valence-corrected chi connectivity index (χ0v) is 15.6. The molecule has 0 spiro atoms. The minimum absolute atomic E-state index is 0.861. The van der Waals surface area contributed by atoms with Crippen molar-refractivity contribution in [1.82, 2.24) is 0 Å². The third kappa shape index (κ3) is 14.7. The minimum Gasteiger partial charge on any atom is -0.0885 e. The lowest BCUT2D eigenvalue weighted by atomic mass is 9.85. The van der Waals surface area contributed by atoms with E-state index in [4.69, 9.17) is 0 Å². The van der Waals surface area contributed by atoms with E-state index in [1.54, 1.807) is 0 Å². The maximum Gasteiger partial charge on any atom is -0.0316 e. The molecule has 0 rings (SSSR count). The van der Waals surface area contributed by atoms with Crippen molar-refractivity contribution >= 4 is 0 Å². The lowest BCUT2D eigenvalue weighted by molar-refractivity contribution is 0.313. The highest BCUT2D eigenvalue weighted by molar-refractivity contribution is 4.83. The molecule has 0 nitrogen and oxygen atoms in total. The number of allylic oxidation sites excluding steroid dienone is 2. The molecule has 0 fully saturated rings. The summed E-state index contributed by atoms with van der Waals surface area (Å²) >= 11 is 0. The van der Waals surface area contributed by atoms with Gasteiger partial charge in [-0.25, -0.2) is 0 Å². The minimum atomic E-state index is 0.861. The Morgan fingerprint density at radius 3 is 1.73 bits per heavy atom. The molecule has 2 radical (unpaired) electrons. The first-order valence-corrected chi connectivity index (χ1v) is 9.95. The highest BCUT2D eigenvalue weighted by Crippen LogP contribution is 2.25. The Morgan fingerprint density at radius 1 is 0.727 bits per heavy atom. The molecule has 0 aliphatic rings. The molecule has 0 saturated carbocycles. The second-order valence-corrected chi connectivity index (χ2v) is 7.23. The average molecular weight is 307 g/mol. The largest absolute Gasteiger partial charge is 0.0885 e. The van der Waals surface area contributed by atoms with Gasteiger partial charge in [0.25, 0.3) is 0 Å². The van der Waals surface area contributed by atoms with Gasteiger partial charge in [-0.05, 0) is 31.6 Å². The molecule has 0 aromatic rings. The predicted molar refractivity (Wildman–Crippen MR) is 103 cm³/mol. The van der Waals surface area contributed by atoms with Crippen LogP contribution in [0.5, 0.6) is 0 Å². The van der Waals surface area contributed by atoms with Crippen LogP contribution in [0, 0.1) is 25.7 Å². The first-order chi connectivity index (χ1) is 10.7. The lowest BCUT2D eigenvalue weighted by Crippen LogP contribution is -2.08. The molecule has 0 aromatic carbocycles. The van der Waals surface area contributed by atoms with Gasteiger partial charge in [0.2, 0.25) is 0 Å². The Labute approximate surface area is 142 Å². The van der Waals surface area contributed by atoms with Crippen LogP contribution < -0.4 is 0 Å². The fourth-order valence-corrected chi connectivity index (χ4v) is 3.24. The highest BCUT2D eigenvalue weighted by atomic mass is 14.2. The molecular formula is C22H42. The van der Waals surface area contributed by atoms with Crippen LogP contribution in [0.4, 0.5) is 0 Å². The van der Waals surface area contributed by atoms with Crippen LogP contribution in [0.25, 0.3) is 0 Å². The normalized spacial score (nSPS) is 13.3. The Hall–Kier alpha value is -0.260. The number of rotatable bonds is 16. The summed E-state index contributed by atoms with van der Waals surface area (Å²) in [5.41, 5.74) is 0. The van der Waals surface area contributed by atoms with Gasteiger partial charge < -0.3 is 0 Å². The SMILES string of the molecule is [CH2]/C=C/CCCCCCC(CCCCCCCC[CH2])C(C)C. The van der Waals surface area contributed by atoms with Gasteiger partial charge >= 0.3 is 0 Å². The highest BCUT2D eigenvalue weighted by Gasteiger charge is 2.12. The van der Waals surface area contributed by atoms with Gasteiger partial charge in [0.05, 0.1) is 0 Å². The lowest BCUT2D eigenvalue weighted by Gasteiger charge is -2.20. The van der Waals surface area contributed by atoms with Crippen LogP contribution in [-0.2, 0) is 0 Å². The van der Waals surface area contributed by atoms with E-state index in [0.29, 0.717) is 0 Å². The van der Waals surface area contributed by atoms with Crippen LogP contribution in [-0.4, -0.2) is 0 Å². The van der Waals surface area contributed by atoms with E-state index in [9.17, 15) is 0 Å². The molecule has 0 saturated heterocycles. The fourth-order valence-electron chi connectivity index (χ4n) is 3.24. The van der Waals surface area contributed by atoms with E-state index in [0.717, 1.165) is 18.3 Å². The summed E-state index contributed by atoms with van der Waals surface area (Å²) in [4.78, 5) is 0. The van der Waals surface area contributed by atoms with E-state index in [1.807, 2.05) is 6.08 Å². The van der Waals surface area contributed by atoms with Gasteiger partial charge in [-0.1, -0.05) is 110 Å². The number of hydrogen-bond acceptors (Lipinski definition) is 0. The topological polar surface area (TPSA) is 0 Å². The molecule has 130 valence electrons. The van der Waals surface area contributed by atoms with Crippen LogP contribution in [0.15, 0.2) is 12.2 Å². The van der Waals surface area contributed by atoms with Crippen LogP contribution >= 0.6 is 0 Å².